The van der Waals surface area contributed by atoms with Crippen molar-refractivity contribution in [2.24, 2.45) is 0 Å². The zero-order chi connectivity index (χ0) is 12.8. The van der Waals surface area contributed by atoms with Crippen molar-refractivity contribution in [3.8, 4) is 0 Å². The second kappa shape index (κ2) is 6.53. The average molecular weight is 242 g/mol. The van der Waals surface area contributed by atoms with Crippen LogP contribution >= 0.6 is 0 Å². The van der Waals surface area contributed by atoms with Gasteiger partial charge in [-0.05, 0) is 36.9 Å². The van der Waals surface area contributed by atoms with Gasteiger partial charge in [0.15, 0.2) is 0 Å². The molecule has 0 fully saturated rings. The summed E-state index contributed by atoms with van der Waals surface area (Å²) in [5, 5.41) is 5.84. The molecule has 0 amide bonds. The molecule has 96 valence electrons. The maximum Gasteiger partial charge on any atom is 0.0104 e. The lowest BCUT2D eigenvalue weighted by atomic mass is 10.1. The van der Waals surface area contributed by atoms with E-state index >= 15 is 0 Å². The third kappa shape index (κ3) is 3.56. The molecule has 0 saturated heterocycles. The van der Waals surface area contributed by atoms with Gasteiger partial charge >= 0.3 is 0 Å². The molecule has 0 aliphatic heterocycles. The highest BCUT2D eigenvalue weighted by Crippen LogP contribution is 2.15. The summed E-state index contributed by atoms with van der Waals surface area (Å²) in [6.07, 6.45) is 1.12. The number of hydrogen-bond acceptors (Lipinski definition) is 2. The van der Waals surface area contributed by atoms with Crippen LogP contribution in [0.25, 0.3) is 10.8 Å². The van der Waals surface area contributed by atoms with Crippen LogP contribution in [0.15, 0.2) is 42.5 Å². The molecule has 2 aromatic carbocycles. The van der Waals surface area contributed by atoms with Crippen LogP contribution in [0.1, 0.15) is 5.56 Å². The van der Waals surface area contributed by atoms with Gasteiger partial charge in [-0.15, -0.1) is 0 Å². The van der Waals surface area contributed by atoms with Crippen LogP contribution in [0.5, 0.6) is 0 Å². The summed E-state index contributed by atoms with van der Waals surface area (Å²) in [6.45, 7) is 3.26. The molecular formula is C16H22N2. The minimum absolute atomic E-state index is 1.05. The van der Waals surface area contributed by atoms with Crippen LogP contribution in [-0.4, -0.2) is 38.6 Å². The van der Waals surface area contributed by atoms with Gasteiger partial charge in [0.25, 0.3) is 0 Å². The first-order valence-electron chi connectivity index (χ1n) is 6.60. The van der Waals surface area contributed by atoms with Crippen molar-refractivity contribution in [2.75, 3.05) is 33.7 Å². The van der Waals surface area contributed by atoms with Crippen molar-refractivity contribution in [3.63, 3.8) is 0 Å². The summed E-state index contributed by atoms with van der Waals surface area (Å²) in [5.41, 5.74) is 1.42. The lowest BCUT2D eigenvalue weighted by molar-refractivity contribution is 0.339. The smallest absolute Gasteiger partial charge is 0.0104 e. The molecule has 0 bridgehead atoms. The molecule has 2 heteroatoms. The molecule has 0 saturated carbocycles. The van der Waals surface area contributed by atoms with E-state index in [1.54, 1.807) is 0 Å². The van der Waals surface area contributed by atoms with Crippen molar-refractivity contribution in [2.45, 2.75) is 6.42 Å². The molecule has 0 aliphatic rings. The topological polar surface area (TPSA) is 15.3 Å². The van der Waals surface area contributed by atoms with Crippen LogP contribution < -0.4 is 5.32 Å². The lowest BCUT2D eigenvalue weighted by Crippen LogP contribution is -2.29. The summed E-state index contributed by atoms with van der Waals surface area (Å²) in [6, 6.07) is 15.3. The SMILES string of the molecule is CNCCN(C)CCc1ccc2ccccc2c1. The van der Waals surface area contributed by atoms with Crippen molar-refractivity contribution >= 4 is 10.8 Å². The molecule has 2 nitrogen and oxygen atoms in total. The van der Waals surface area contributed by atoms with E-state index in [1.807, 2.05) is 7.05 Å². The Kier molecular flexibility index (Phi) is 4.73. The molecule has 18 heavy (non-hydrogen) atoms. The number of nitrogens with one attached hydrogen (secondary N) is 1. The Bertz CT molecular complexity index is 493. The largest absolute Gasteiger partial charge is 0.318 e. The van der Waals surface area contributed by atoms with Crippen LogP contribution in [0.2, 0.25) is 0 Å². The fourth-order valence-corrected chi connectivity index (χ4v) is 2.13. The first-order chi connectivity index (χ1) is 8.79. The predicted molar refractivity (Wildman–Crippen MR) is 79.1 cm³/mol. The maximum absolute atomic E-state index is 3.18. The Morgan fingerprint density at radius 1 is 1.00 bits per heavy atom. The van der Waals surface area contributed by atoms with Gasteiger partial charge in [-0.2, -0.15) is 0 Å². The Morgan fingerprint density at radius 3 is 2.56 bits per heavy atom. The number of likely N-dealkylation sites (N-methyl/N-ethyl adjacent to an activating group) is 2. The van der Waals surface area contributed by atoms with E-state index in [2.05, 4.69) is 59.7 Å². The molecule has 0 aliphatic carbocycles. The summed E-state index contributed by atoms with van der Waals surface area (Å²) in [5.74, 6) is 0. The van der Waals surface area contributed by atoms with E-state index in [0.717, 1.165) is 26.1 Å². The van der Waals surface area contributed by atoms with E-state index < -0.39 is 0 Å². The molecule has 0 heterocycles. The van der Waals surface area contributed by atoms with Gasteiger partial charge in [-0.3, -0.25) is 0 Å². The molecule has 1 N–H and O–H groups in total. The van der Waals surface area contributed by atoms with Crippen molar-refractivity contribution in [1.29, 1.82) is 0 Å². The number of nitrogens with zero attached hydrogens (tertiary/aromatic N) is 1. The number of fused-ring (bicyclic) bond motifs is 1. The monoisotopic (exact) mass is 242 g/mol. The van der Waals surface area contributed by atoms with E-state index in [0.29, 0.717) is 0 Å². The minimum Gasteiger partial charge on any atom is -0.318 e. The molecule has 2 aromatic rings. The molecule has 2 rings (SSSR count). The zero-order valence-electron chi connectivity index (χ0n) is 11.3. The first-order valence-corrected chi connectivity index (χ1v) is 6.60. The Balaban J connectivity index is 1.95. The number of benzene rings is 2. The number of rotatable bonds is 6. The second-order valence-electron chi connectivity index (χ2n) is 4.84. The Labute approximate surface area is 110 Å². The fraction of sp³-hybridized carbons (Fsp3) is 0.375. The molecule has 0 radical (unpaired) electrons. The van der Waals surface area contributed by atoms with Crippen molar-refractivity contribution in [3.05, 3.63) is 48.0 Å². The van der Waals surface area contributed by atoms with Crippen LogP contribution in [0.4, 0.5) is 0 Å². The third-order valence-corrected chi connectivity index (χ3v) is 3.34. The maximum atomic E-state index is 3.18. The zero-order valence-corrected chi connectivity index (χ0v) is 11.3. The fourth-order valence-electron chi connectivity index (χ4n) is 2.13. The highest BCUT2D eigenvalue weighted by molar-refractivity contribution is 5.82. The van der Waals surface area contributed by atoms with Crippen molar-refractivity contribution < 1.29 is 0 Å². The summed E-state index contributed by atoms with van der Waals surface area (Å²) < 4.78 is 0. The van der Waals surface area contributed by atoms with Gasteiger partial charge in [0, 0.05) is 19.6 Å². The molecule has 0 unspecified atom stereocenters. The standard InChI is InChI=1S/C16H22N2/c1-17-10-12-18(2)11-9-14-7-8-15-5-3-4-6-16(15)13-14/h3-8,13,17H,9-12H2,1-2H3. The van der Waals surface area contributed by atoms with Gasteiger partial charge in [0.2, 0.25) is 0 Å². The van der Waals surface area contributed by atoms with Crippen LogP contribution in [0.3, 0.4) is 0 Å². The van der Waals surface area contributed by atoms with Crippen LogP contribution in [0, 0.1) is 0 Å². The molecule has 0 aromatic heterocycles. The van der Waals surface area contributed by atoms with Gasteiger partial charge in [-0.1, -0.05) is 42.5 Å². The van der Waals surface area contributed by atoms with Crippen LogP contribution in [-0.2, 0) is 6.42 Å². The van der Waals surface area contributed by atoms with Gasteiger partial charge in [0.05, 0.1) is 0 Å². The highest BCUT2D eigenvalue weighted by atomic mass is 15.1. The predicted octanol–water partition coefficient (Wildman–Crippen LogP) is 2.53. The van der Waals surface area contributed by atoms with Gasteiger partial charge in [-0.25, -0.2) is 0 Å². The second-order valence-corrected chi connectivity index (χ2v) is 4.84. The lowest BCUT2D eigenvalue weighted by Gasteiger charge is -2.16. The Morgan fingerprint density at radius 2 is 1.78 bits per heavy atom. The first kappa shape index (κ1) is 13.1. The average Bonchev–Trinajstić information content (AvgIpc) is 2.42. The van der Waals surface area contributed by atoms with E-state index in [1.165, 1.54) is 16.3 Å². The highest BCUT2D eigenvalue weighted by Gasteiger charge is 2.00. The summed E-state index contributed by atoms with van der Waals surface area (Å²) in [7, 11) is 4.18. The van der Waals surface area contributed by atoms with E-state index in [-0.39, 0.29) is 0 Å². The summed E-state index contributed by atoms with van der Waals surface area (Å²) in [4.78, 5) is 2.37. The normalized spacial score (nSPS) is 11.3. The minimum atomic E-state index is 1.05. The summed E-state index contributed by atoms with van der Waals surface area (Å²) >= 11 is 0. The third-order valence-electron chi connectivity index (χ3n) is 3.34. The molecular weight excluding hydrogens is 220 g/mol. The Hall–Kier alpha value is -1.38. The number of hydrogen-bond donors (Lipinski definition) is 1. The van der Waals surface area contributed by atoms with E-state index in [4.69, 9.17) is 0 Å². The van der Waals surface area contributed by atoms with Gasteiger partial charge in [0.1, 0.15) is 0 Å². The van der Waals surface area contributed by atoms with Gasteiger partial charge < -0.3 is 10.2 Å². The molecule has 0 atom stereocenters. The quantitative estimate of drug-likeness (QED) is 0.837. The van der Waals surface area contributed by atoms with Crippen molar-refractivity contribution in [1.82, 2.24) is 10.2 Å². The van der Waals surface area contributed by atoms with E-state index in [9.17, 15) is 0 Å². The molecule has 0 spiro atoms.